The van der Waals surface area contributed by atoms with Crippen molar-refractivity contribution in [1.82, 2.24) is 9.88 Å². The first-order chi connectivity index (χ1) is 8.29. The van der Waals surface area contributed by atoms with Crippen LogP contribution in [0.3, 0.4) is 0 Å². The van der Waals surface area contributed by atoms with Crippen molar-refractivity contribution in [2.75, 3.05) is 32.0 Å². The van der Waals surface area contributed by atoms with Gasteiger partial charge in [0.25, 0.3) is 0 Å². The van der Waals surface area contributed by atoms with Gasteiger partial charge in [0, 0.05) is 19.6 Å². The summed E-state index contributed by atoms with van der Waals surface area (Å²) < 4.78 is 5.59. The van der Waals surface area contributed by atoms with Gasteiger partial charge in [-0.15, -0.1) is 0 Å². The summed E-state index contributed by atoms with van der Waals surface area (Å²) in [7, 11) is 0. The molecule has 2 N–H and O–H groups in total. The predicted octanol–water partition coefficient (Wildman–Crippen LogP) is 1.13. The average Bonchev–Trinajstić information content (AvgIpc) is 2.32. The topological polar surface area (TPSA) is 51.4 Å². The molecule has 0 radical (unpaired) electrons. The Morgan fingerprint density at radius 1 is 1.29 bits per heavy atom. The third kappa shape index (κ3) is 2.58. The number of nitrogens with two attached hydrogens (primary N) is 1. The Bertz CT molecular complexity index is 367. The quantitative estimate of drug-likeness (QED) is 0.832. The van der Waals surface area contributed by atoms with Crippen LogP contribution in [-0.4, -0.2) is 36.2 Å². The average molecular weight is 233 g/mol. The number of piperidine rings is 1. The molecule has 2 unspecified atom stereocenters. The molecular weight excluding hydrogens is 214 g/mol. The Kier molecular flexibility index (Phi) is 2.99. The molecule has 1 aromatic rings. The van der Waals surface area contributed by atoms with Gasteiger partial charge in [0.05, 0.1) is 30.8 Å². The fourth-order valence-electron chi connectivity index (χ4n) is 2.96. The highest BCUT2D eigenvalue weighted by atomic mass is 16.5. The Morgan fingerprint density at radius 2 is 2.06 bits per heavy atom. The van der Waals surface area contributed by atoms with Crippen LogP contribution in [0.25, 0.3) is 0 Å². The first kappa shape index (κ1) is 11.0. The summed E-state index contributed by atoms with van der Waals surface area (Å²) in [5, 5.41) is 0. The predicted molar refractivity (Wildman–Crippen MR) is 66.3 cm³/mol. The van der Waals surface area contributed by atoms with Gasteiger partial charge in [-0.3, -0.25) is 9.88 Å². The summed E-state index contributed by atoms with van der Waals surface area (Å²) in [5.41, 5.74) is 7.49. The van der Waals surface area contributed by atoms with Gasteiger partial charge in [-0.2, -0.15) is 0 Å². The number of pyridine rings is 1. The van der Waals surface area contributed by atoms with Gasteiger partial charge in [-0.1, -0.05) is 0 Å². The Hall–Kier alpha value is -1.13. The van der Waals surface area contributed by atoms with Crippen LogP contribution in [0.1, 0.15) is 12.1 Å². The molecule has 0 spiro atoms. The van der Waals surface area contributed by atoms with Crippen LogP contribution in [0.5, 0.6) is 0 Å². The van der Waals surface area contributed by atoms with Crippen molar-refractivity contribution in [3.05, 3.63) is 24.0 Å². The maximum Gasteiger partial charge on any atom is 0.0545 e. The molecule has 2 atom stereocenters. The largest absolute Gasteiger partial charge is 0.397 e. The standard InChI is InChI=1S/C13H19N3O/c14-12-1-2-13(15-4-12)7-16-5-10-3-11(6-16)9-17-8-10/h1-2,4,10-11H,3,5-9,14H2. The van der Waals surface area contributed by atoms with E-state index in [-0.39, 0.29) is 0 Å². The van der Waals surface area contributed by atoms with Crippen molar-refractivity contribution in [3.8, 4) is 0 Å². The number of ether oxygens (including phenoxy) is 1. The van der Waals surface area contributed by atoms with Crippen LogP contribution in [0.2, 0.25) is 0 Å². The molecule has 3 heterocycles. The van der Waals surface area contributed by atoms with Gasteiger partial charge in [0.15, 0.2) is 0 Å². The van der Waals surface area contributed by atoms with Crippen LogP contribution < -0.4 is 5.73 Å². The van der Waals surface area contributed by atoms with E-state index < -0.39 is 0 Å². The summed E-state index contributed by atoms with van der Waals surface area (Å²) in [4.78, 5) is 6.87. The van der Waals surface area contributed by atoms with E-state index in [1.165, 1.54) is 6.42 Å². The number of likely N-dealkylation sites (tertiary alicyclic amines) is 1. The maximum atomic E-state index is 5.64. The number of hydrogen-bond donors (Lipinski definition) is 1. The minimum absolute atomic E-state index is 0.719. The molecule has 92 valence electrons. The van der Waals surface area contributed by atoms with Crippen LogP contribution in [0.15, 0.2) is 18.3 Å². The van der Waals surface area contributed by atoms with Gasteiger partial charge < -0.3 is 10.5 Å². The third-order valence-electron chi connectivity index (χ3n) is 3.64. The van der Waals surface area contributed by atoms with Gasteiger partial charge in [0.1, 0.15) is 0 Å². The number of fused-ring (bicyclic) bond motifs is 2. The van der Waals surface area contributed by atoms with E-state index in [1.54, 1.807) is 6.20 Å². The van der Waals surface area contributed by atoms with Crippen LogP contribution in [0.4, 0.5) is 5.69 Å². The molecule has 0 saturated carbocycles. The highest BCUT2D eigenvalue weighted by molar-refractivity contribution is 5.34. The lowest BCUT2D eigenvalue weighted by Crippen LogP contribution is -2.46. The molecule has 4 nitrogen and oxygen atoms in total. The van der Waals surface area contributed by atoms with E-state index in [1.807, 2.05) is 12.1 Å². The van der Waals surface area contributed by atoms with Gasteiger partial charge >= 0.3 is 0 Å². The van der Waals surface area contributed by atoms with Crippen molar-refractivity contribution in [3.63, 3.8) is 0 Å². The fourth-order valence-corrected chi connectivity index (χ4v) is 2.96. The van der Waals surface area contributed by atoms with Crippen molar-refractivity contribution in [2.24, 2.45) is 11.8 Å². The second kappa shape index (κ2) is 4.63. The van der Waals surface area contributed by atoms with E-state index in [0.29, 0.717) is 0 Å². The molecule has 2 aliphatic heterocycles. The zero-order valence-corrected chi connectivity index (χ0v) is 10.0. The normalized spacial score (nSPS) is 29.2. The molecule has 0 amide bonds. The summed E-state index contributed by atoms with van der Waals surface area (Å²) in [5.74, 6) is 1.44. The van der Waals surface area contributed by atoms with Gasteiger partial charge in [0.2, 0.25) is 0 Å². The molecule has 17 heavy (non-hydrogen) atoms. The van der Waals surface area contributed by atoms with Gasteiger partial charge in [-0.05, 0) is 30.4 Å². The third-order valence-corrected chi connectivity index (χ3v) is 3.64. The number of anilines is 1. The number of rotatable bonds is 2. The van der Waals surface area contributed by atoms with E-state index >= 15 is 0 Å². The Morgan fingerprint density at radius 3 is 2.71 bits per heavy atom. The minimum atomic E-state index is 0.719. The lowest BCUT2D eigenvalue weighted by Gasteiger charge is -2.41. The zero-order chi connectivity index (χ0) is 11.7. The van der Waals surface area contributed by atoms with Crippen molar-refractivity contribution >= 4 is 5.69 Å². The monoisotopic (exact) mass is 233 g/mol. The molecule has 2 saturated heterocycles. The van der Waals surface area contributed by atoms with Crippen molar-refractivity contribution in [1.29, 1.82) is 0 Å². The van der Waals surface area contributed by atoms with Crippen molar-refractivity contribution < 1.29 is 4.74 Å². The summed E-state index contributed by atoms with van der Waals surface area (Å²) in [6.07, 6.45) is 3.08. The molecular formula is C13H19N3O. The maximum absolute atomic E-state index is 5.64. The zero-order valence-electron chi connectivity index (χ0n) is 10.0. The molecule has 3 rings (SSSR count). The molecule has 0 aliphatic carbocycles. The highest BCUT2D eigenvalue weighted by Crippen LogP contribution is 2.27. The molecule has 1 aromatic heterocycles. The second-order valence-corrected chi connectivity index (χ2v) is 5.28. The number of nitrogens with zero attached hydrogens (tertiary/aromatic N) is 2. The first-order valence-corrected chi connectivity index (χ1v) is 6.30. The van der Waals surface area contributed by atoms with Crippen LogP contribution >= 0.6 is 0 Å². The van der Waals surface area contributed by atoms with E-state index in [4.69, 9.17) is 10.5 Å². The smallest absolute Gasteiger partial charge is 0.0545 e. The molecule has 2 bridgehead atoms. The lowest BCUT2D eigenvalue weighted by molar-refractivity contribution is -0.0427. The van der Waals surface area contributed by atoms with Gasteiger partial charge in [-0.25, -0.2) is 0 Å². The minimum Gasteiger partial charge on any atom is -0.397 e. The second-order valence-electron chi connectivity index (χ2n) is 5.28. The fraction of sp³-hybridized carbons (Fsp3) is 0.615. The lowest BCUT2D eigenvalue weighted by atomic mass is 9.88. The highest BCUT2D eigenvalue weighted by Gasteiger charge is 2.31. The summed E-state index contributed by atoms with van der Waals surface area (Å²) in [6.45, 7) is 5.09. The molecule has 2 aliphatic rings. The summed E-state index contributed by atoms with van der Waals surface area (Å²) in [6, 6.07) is 3.95. The number of hydrogen-bond acceptors (Lipinski definition) is 4. The molecule has 0 aromatic carbocycles. The van der Waals surface area contributed by atoms with E-state index in [2.05, 4.69) is 9.88 Å². The van der Waals surface area contributed by atoms with Crippen molar-refractivity contribution in [2.45, 2.75) is 13.0 Å². The first-order valence-electron chi connectivity index (χ1n) is 6.30. The number of aromatic nitrogens is 1. The van der Waals surface area contributed by atoms with Crippen LogP contribution in [-0.2, 0) is 11.3 Å². The van der Waals surface area contributed by atoms with Crippen LogP contribution in [0, 0.1) is 11.8 Å². The van der Waals surface area contributed by atoms with E-state index in [9.17, 15) is 0 Å². The SMILES string of the molecule is Nc1ccc(CN2CC3COCC(C3)C2)nc1. The Labute approximate surface area is 102 Å². The molecule has 4 heteroatoms. The summed E-state index contributed by atoms with van der Waals surface area (Å²) >= 11 is 0. The molecule has 2 fully saturated rings. The number of nitrogen functional groups attached to an aromatic ring is 1. The van der Waals surface area contributed by atoms with E-state index in [0.717, 1.165) is 56.1 Å². The Balaban J connectivity index is 1.63.